The molecule has 2 aliphatic rings. The van der Waals surface area contributed by atoms with Gasteiger partial charge in [-0.1, -0.05) is 42.7 Å². The van der Waals surface area contributed by atoms with Crippen molar-refractivity contribution >= 4 is 23.1 Å². The number of carbonyl (C=O) groups is 1. The molecule has 1 amide bonds. The number of hydrogen-bond donors (Lipinski definition) is 0. The Labute approximate surface area is 172 Å². The van der Waals surface area contributed by atoms with Crippen molar-refractivity contribution in [3.63, 3.8) is 0 Å². The molecule has 146 valence electrons. The number of fused-ring (bicyclic) bond motifs is 2. The zero-order chi connectivity index (χ0) is 19.5. The van der Waals surface area contributed by atoms with Gasteiger partial charge in [0.2, 0.25) is 5.91 Å². The molecule has 0 N–H and O–H groups in total. The molecule has 28 heavy (non-hydrogen) atoms. The summed E-state index contributed by atoms with van der Waals surface area (Å²) in [6.45, 7) is 3.76. The molecule has 4 rings (SSSR count). The van der Waals surface area contributed by atoms with E-state index < -0.39 is 0 Å². The number of amides is 1. The fraction of sp³-hybridized carbons (Fsp3) is 0.417. The van der Waals surface area contributed by atoms with E-state index in [1.54, 1.807) is 0 Å². The third-order valence-corrected chi connectivity index (χ3v) is 6.18. The number of likely N-dealkylation sites (tertiary alicyclic amines) is 1. The lowest BCUT2D eigenvalue weighted by Gasteiger charge is -2.30. The van der Waals surface area contributed by atoms with E-state index in [-0.39, 0.29) is 0 Å². The van der Waals surface area contributed by atoms with Gasteiger partial charge in [-0.05, 0) is 67.0 Å². The molecule has 0 unspecified atom stereocenters. The summed E-state index contributed by atoms with van der Waals surface area (Å²) in [7, 11) is 0. The summed E-state index contributed by atoms with van der Waals surface area (Å²) in [5.41, 5.74) is 7.69. The van der Waals surface area contributed by atoms with Gasteiger partial charge in [-0.25, -0.2) is 0 Å². The van der Waals surface area contributed by atoms with Gasteiger partial charge in [-0.2, -0.15) is 0 Å². The molecule has 2 heterocycles. The molecular weight excluding hydrogens is 368 g/mol. The largest absolute Gasteiger partial charge is 0.342 e. The third kappa shape index (κ3) is 3.86. The number of halogens is 1. The third-order valence-electron chi connectivity index (χ3n) is 5.95. The maximum atomic E-state index is 12.4. The Morgan fingerprint density at radius 3 is 2.68 bits per heavy atom. The van der Waals surface area contributed by atoms with Crippen LogP contribution >= 0.6 is 11.6 Å². The molecule has 1 aliphatic heterocycles. The van der Waals surface area contributed by atoms with Gasteiger partial charge in [-0.15, -0.1) is 0 Å². The molecular formula is C24H27ClN2O. The quantitative estimate of drug-likeness (QED) is 0.693. The summed E-state index contributed by atoms with van der Waals surface area (Å²) in [6.07, 6.45) is 8.42. The van der Waals surface area contributed by atoms with Crippen LogP contribution in [-0.2, 0) is 17.6 Å². The molecule has 2 aromatic rings. The normalized spacial score (nSPS) is 16.4. The molecule has 0 saturated carbocycles. The lowest BCUT2D eigenvalue weighted by Crippen LogP contribution is -2.36. The predicted molar refractivity (Wildman–Crippen MR) is 114 cm³/mol. The van der Waals surface area contributed by atoms with Gasteiger partial charge in [0.15, 0.2) is 0 Å². The minimum Gasteiger partial charge on any atom is -0.342 e. The fourth-order valence-corrected chi connectivity index (χ4v) is 4.59. The van der Waals surface area contributed by atoms with E-state index in [9.17, 15) is 4.79 Å². The highest BCUT2D eigenvalue weighted by Crippen LogP contribution is 2.38. The molecule has 0 atom stereocenters. The van der Waals surface area contributed by atoms with Crippen molar-refractivity contribution in [2.45, 2.75) is 51.9 Å². The molecule has 1 saturated heterocycles. The van der Waals surface area contributed by atoms with Crippen LogP contribution in [0.15, 0.2) is 42.1 Å². The minimum absolute atomic E-state index is 0.303. The van der Waals surface area contributed by atoms with Gasteiger partial charge >= 0.3 is 0 Å². The van der Waals surface area contributed by atoms with E-state index in [4.69, 9.17) is 16.6 Å². The summed E-state index contributed by atoms with van der Waals surface area (Å²) in [5, 5.41) is 0.790. The Bertz CT molecular complexity index is 909. The second kappa shape index (κ2) is 8.48. The number of rotatable bonds is 3. The Kier molecular flexibility index (Phi) is 5.82. The summed E-state index contributed by atoms with van der Waals surface area (Å²) >= 11 is 6.29. The maximum absolute atomic E-state index is 12.4. The van der Waals surface area contributed by atoms with Crippen LogP contribution in [0.2, 0.25) is 5.02 Å². The first-order valence-corrected chi connectivity index (χ1v) is 10.8. The molecule has 0 spiro atoms. The number of aryl methyl sites for hydroxylation is 2. The van der Waals surface area contributed by atoms with Crippen LogP contribution in [0.3, 0.4) is 0 Å². The SMILES string of the molecule is CCCCC(=O)N1CCC(=C2c3ccc(Cl)cc3CCc3cccnc32)CC1. The van der Waals surface area contributed by atoms with Crippen LogP contribution in [-0.4, -0.2) is 28.9 Å². The van der Waals surface area contributed by atoms with E-state index in [1.165, 1.54) is 27.8 Å². The topological polar surface area (TPSA) is 33.2 Å². The number of piperidine rings is 1. The molecule has 0 radical (unpaired) electrons. The first kappa shape index (κ1) is 19.2. The van der Waals surface area contributed by atoms with E-state index in [0.717, 1.165) is 62.3 Å². The van der Waals surface area contributed by atoms with Crippen LogP contribution in [0.5, 0.6) is 0 Å². The van der Waals surface area contributed by atoms with Crippen molar-refractivity contribution in [3.05, 3.63) is 69.5 Å². The van der Waals surface area contributed by atoms with E-state index in [0.29, 0.717) is 12.3 Å². The standard InChI is InChI=1S/C24H27ClN2O/c1-2-3-6-22(28)27-14-11-17(12-15-27)23-21-10-9-20(25)16-19(21)8-7-18-5-4-13-26-24(18)23/h4-5,9-10,13,16H,2-3,6-8,11-12,14-15H2,1H3. The smallest absolute Gasteiger partial charge is 0.222 e. The summed E-state index contributed by atoms with van der Waals surface area (Å²) in [6, 6.07) is 10.5. The van der Waals surface area contributed by atoms with Gasteiger partial charge in [0, 0.05) is 36.3 Å². The number of aromatic nitrogens is 1. The van der Waals surface area contributed by atoms with E-state index in [1.807, 2.05) is 23.2 Å². The highest BCUT2D eigenvalue weighted by Gasteiger charge is 2.26. The first-order valence-electron chi connectivity index (χ1n) is 10.4. The highest BCUT2D eigenvalue weighted by molar-refractivity contribution is 6.30. The van der Waals surface area contributed by atoms with Crippen molar-refractivity contribution in [2.75, 3.05) is 13.1 Å². The number of benzene rings is 1. The molecule has 1 aliphatic carbocycles. The number of pyridine rings is 1. The zero-order valence-corrected chi connectivity index (χ0v) is 17.3. The van der Waals surface area contributed by atoms with Crippen LogP contribution in [0, 0.1) is 0 Å². The molecule has 1 aromatic heterocycles. The molecule has 3 nitrogen and oxygen atoms in total. The van der Waals surface area contributed by atoms with Crippen LogP contribution in [0.4, 0.5) is 0 Å². The lowest BCUT2D eigenvalue weighted by molar-refractivity contribution is -0.131. The van der Waals surface area contributed by atoms with Gasteiger partial charge in [0.25, 0.3) is 0 Å². The van der Waals surface area contributed by atoms with Gasteiger partial charge < -0.3 is 4.90 Å². The van der Waals surface area contributed by atoms with E-state index >= 15 is 0 Å². The maximum Gasteiger partial charge on any atom is 0.222 e. The molecule has 4 heteroatoms. The zero-order valence-electron chi connectivity index (χ0n) is 16.5. The molecule has 0 bridgehead atoms. The minimum atomic E-state index is 0.303. The van der Waals surface area contributed by atoms with Crippen molar-refractivity contribution in [1.29, 1.82) is 0 Å². The Hall–Kier alpha value is -2.13. The van der Waals surface area contributed by atoms with Gasteiger partial charge in [-0.3, -0.25) is 9.78 Å². The summed E-state index contributed by atoms with van der Waals surface area (Å²) in [5.74, 6) is 0.303. The van der Waals surface area contributed by atoms with Gasteiger partial charge in [0.1, 0.15) is 0 Å². The van der Waals surface area contributed by atoms with Gasteiger partial charge in [0.05, 0.1) is 5.69 Å². The lowest BCUT2D eigenvalue weighted by atomic mass is 9.88. The van der Waals surface area contributed by atoms with Crippen LogP contribution in [0.1, 0.15) is 61.4 Å². The van der Waals surface area contributed by atoms with Crippen molar-refractivity contribution in [2.24, 2.45) is 0 Å². The second-order valence-corrected chi connectivity index (χ2v) is 8.21. The van der Waals surface area contributed by atoms with Crippen molar-refractivity contribution in [1.82, 2.24) is 9.88 Å². The number of carbonyl (C=O) groups excluding carboxylic acids is 1. The number of unbranched alkanes of at least 4 members (excludes halogenated alkanes) is 1. The second-order valence-electron chi connectivity index (χ2n) is 7.78. The average molecular weight is 395 g/mol. The first-order chi connectivity index (χ1) is 13.7. The number of nitrogens with zero attached hydrogens (tertiary/aromatic N) is 2. The monoisotopic (exact) mass is 394 g/mol. The van der Waals surface area contributed by atoms with Crippen molar-refractivity contribution < 1.29 is 4.79 Å². The highest BCUT2D eigenvalue weighted by atomic mass is 35.5. The number of hydrogen-bond acceptors (Lipinski definition) is 2. The van der Waals surface area contributed by atoms with Crippen LogP contribution < -0.4 is 0 Å². The Balaban J connectivity index is 1.70. The van der Waals surface area contributed by atoms with E-state index in [2.05, 4.69) is 25.1 Å². The Morgan fingerprint density at radius 2 is 1.89 bits per heavy atom. The summed E-state index contributed by atoms with van der Waals surface area (Å²) in [4.78, 5) is 19.2. The Morgan fingerprint density at radius 1 is 1.11 bits per heavy atom. The van der Waals surface area contributed by atoms with Crippen LogP contribution in [0.25, 0.3) is 5.57 Å². The predicted octanol–water partition coefficient (Wildman–Crippen LogP) is 5.45. The summed E-state index contributed by atoms with van der Waals surface area (Å²) < 4.78 is 0. The average Bonchev–Trinajstić information content (AvgIpc) is 2.88. The fourth-order valence-electron chi connectivity index (χ4n) is 4.40. The molecule has 1 aromatic carbocycles. The van der Waals surface area contributed by atoms with Crippen molar-refractivity contribution in [3.8, 4) is 0 Å². The molecule has 1 fully saturated rings.